The summed E-state index contributed by atoms with van der Waals surface area (Å²) in [6.07, 6.45) is 1.89. The van der Waals surface area contributed by atoms with Crippen molar-refractivity contribution in [2.24, 2.45) is 0 Å². The van der Waals surface area contributed by atoms with Gasteiger partial charge in [-0.25, -0.2) is 4.39 Å². The highest BCUT2D eigenvalue weighted by Crippen LogP contribution is 2.36. The van der Waals surface area contributed by atoms with E-state index in [-0.39, 0.29) is 18.5 Å². The lowest BCUT2D eigenvalue weighted by atomic mass is 9.94. The first-order valence-corrected chi connectivity index (χ1v) is 15.8. The maximum absolute atomic E-state index is 13.8. The van der Waals surface area contributed by atoms with Gasteiger partial charge in [0.1, 0.15) is 12.4 Å². The lowest BCUT2D eigenvalue weighted by Gasteiger charge is -2.49. The number of anilines is 2. The van der Waals surface area contributed by atoms with E-state index < -0.39 is 17.8 Å². The number of nitriles is 1. The van der Waals surface area contributed by atoms with Crippen molar-refractivity contribution in [1.82, 2.24) is 19.8 Å². The lowest BCUT2D eigenvalue weighted by Crippen LogP contribution is -2.59. The van der Waals surface area contributed by atoms with Gasteiger partial charge in [0.25, 0.3) is 5.91 Å². The molecule has 45 heavy (non-hydrogen) atoms. The Morgan fingerprint density at radius 2 is 1.87 bits per heavy atom. The Kier molecular flexibility index (Phi) is 8.40. The molecule has 0 spiro atoms. The summed E-state index contributed by atoms with van der Waals surface area (Å²) in [7, 11) is 0. The Balaban J connectivity index is 1.33. The van der Waals surface area contributed by atoms with Crippen molar-refractivity contribution in [3.63, 3.8) is 0 Å². The van der Waals surface area contributed by atoms with Crippen molar-refractivity contribution < 1.29 is 13.9 Å². The van der Waals surface area contributed by atoms with Crippen molar-refractivity contribution in [2.45, 2.75) is 71.1 Å². The molecular formula is C35H42FN7O2. The molecule has 0 unspecified atom stereocenters. The summed E-state index contributed by atoms with van der Waals surface area (Å²) in [5.41, 5.74) is 4.45. The van der Waals surface area contributed by atoms with Crippen LogP contribution in [0.3, 0.4) is 0 Å². The summed E-state index contributed by atoms with van der Waals surface area (Å²) in [5.74, 6) is -0.988. The standard InChI is InChI=1S/C35H42FN7O2/c1-23-8-6-9-25-10-7-11-30(31(23)25)40-16-14-28-29(21-40)38-34(45-22-27-13-17-43(27)35(3,4)5)39-32(28)41-18-19-42(33(44)24(2)36)26(20-41)12-15-37/h6-11,26-27H,2,12-14,16-22H2,1,3-5H3/t26-,27-/m0/s1. The Morgan fingerprint density at radius 3 is 2.56 bits per heavy atom. The number of likely N-dealkylation sites (tertiary alicyclic amines) is 1. The number of aryl methyl sites for hydroxylation is 1. The van der Waals surface area contributed by atoms with Crippen LogP contribution in [-0.4, -0.2) is 82.6 Å². The average molecular weight is 612 g/mol. The van der Waals surface area contributed by atoms with Crippen LogP contribution in [0, 0.1) is 18.3 Å². The number of carbonyl (C=O) groups is 1. The molecule has 2 aromatic carbocycles. The summed E-state index contributed by atoms with van der Waals surface area (Å²) in [6.45, 7) is 16.0. The van der Waals surface area contributed by atoms with Crippen LogP contribution >= 0.6 is 0 Å². The number of amides is 1. The minimum Gasteiger partial charge on any atom is -0.462 e. The number of ether oxygens (including phenoxy) is 1. The van der Waals surface area contributed by atoms with Crippen molar-refractivity contribution in [2.75, 3.05) is 49.1 Å². The summed E-state index contributed by atoms with van der Waals surface area (Å²) in [4.78, 5) is 30.9. The Morgan fingerprint density at radius 1 is 1.09 bits per heavy atom. The van der Waals surface area contributed by atoms with Gasteiger partial charge in [-0.2, -0.15) is 15.2 Å². The normalized spacial score (nSPS) is 20.4. The minimum atomic E-state index is -1.01. The van der Waals surface area contributed by atoms with Gasteiger partial charge in [-0.15, -0.1) is 0 Å². The molecule has 4 heterocycles. The molecule has 3 aliphatic heterocycles. The quantitative estimate of drug-likeness (QED) is 0.339. The van der Waals surface area contributed by atoms with E-state index in [0.29, 0.717) is 38.3 Å². The molecule has 0 bridgehead atoms. The average Bonchev–Trinajstić information content (AvgIpc) is 2.98. The monoisotopic (exact) mass is 611 g/mol. The molecule has 9 nitrogen and oxygen atoms in total. The van der Waals surface area contributed by atoms with E-state index in [1.54, 1.807) is 0 Å². The second-order valence-electron chi connectivity index (χ2n) is 13.4. The molecular weight excluding hydrogens is 569 g/mol. The van der Waals surface area contributed by atoms with E-state index in [2.05, 4.69) is 91.4 Å². The van der Waals surface area contributed by atoms with E-state index in [4.69, 9.17) is 14.7 Å². The number of fused-ring (bicyclic) bond motifs is 2. The largest absolute Gasteiger partial charge is 0.462 e. The number of hydrogen-bond acceptors (Lipinski definition) is 8. The van der Waals surface area contributed by atoms with Gasteiger partial charge >= 0.3 is 6.01 Å². The number of piperazine rings is 1. The number of benzene rings is 2. The Labute approximate surface area is 264 Å². The molecule has 1 aromatic heterocycles. The fourth-order valence-electron chi connectivity index (χ4n) is 7.11. The number of rotatable bonds is 7. The van der Waals surface area contributed by atoms with Crippen LogP contribution in [0.25, 0.3) is 10.8 Å². The number of hydrogen-bond donors (Lipinski definition) is 0. The van der Waals surface area contributed by atoms with Crippen LogP contribution < -0.4 is 14.5 Å². The molecule has 6 rings (SSSR count). The molecule has 3 aliphatic rings. The molecule has 0 saturated carbocycles. The Bertz CT molecular complexity index is 1660. The van der Waals surface area contributed by atoms with E-state index in [9.17, 15) is 14.4 Å². The van der Waals surface area contributed by atoms with Gasteiger partial charge in [0.15, 0.2) is 5.83 Å². The smallest absolute Gasteiger partial charge is 0.318 e. The molecule has 3 aromatic rings. The van der Waals surface area contributed by atoms with E-state index in [0.717, 1.165) is 43.0 Å². The molecule has 236 valence electrons. The highest BCUT2D eigenvalue weighted by molar-refractivity contribution is 5.97. The molecule has 0 radical (unpaired) electrons. The van der Waals surface area contributed by atoms with E-state index >= 15 is 0 Å². The SMILES string of the molecule is C=C(F)C(=O)N1CCN(c2nc(OC[C@@H]3CCN3C(C)(C)C)nc3c2CCN(c2cccc4cccc(C)c24)C3)C[C@@H]1CC#N. The van der Waals surface area contributed by atoms with Gasteiger partial charge in [0, 0.05) is 60.9 Å². The summed E-state index contributed by atoms with van der Waals surface area (Å²) in [6, 6.07) is 15.2. The fraction of sp³-hybridized carbons (Fsp3) is 0.486. The van der Waals surface area contributed by atoms with Crippen LogP contribution in [0.15, 0.2) is 48.8 Å². The van der Waals surface area contributed by atoms with Crippen LogP contribution in [0.1, 0.15) is 50.4 Å². The molecule has 2 fully saturated rings. The summed E-state index contributed by atoms with van der Waals surface area (Å²) >= 11 is 0. The van der Waals surface area contributed by atoms with Gasteiger partial charge in [0.2, 0.25) is 0 Å². The highest BCUT2D eigenvalue weighted by Gasteiger charge is 2.38. The van der Waals surface area contributed by atoms with Crippen molar-refractivity contribution >= 4 is 28.2 Å². The Hall–Kier alpha value is -4.23. The van der Waals surface area contributed by atoms with Gasteiger partial charge in [-0.05, 0) is 57.6 Å². The van der Waals surface area contributed by atoms with Gasteiger partial charge in [0.05, 0.1) is 30.8 Å². The van der Waals surface area contributed by atoms with E-state index in [1.165, 1.54) is 26.9 Å². The van der Waals surface area contributed by atoms with Crippen molar-refractivity contribution in [3.8, 4) is 12.1 Å². The van der Waals surface area contributed by atoms with Gasteiger partial charge < -0.3 is 19.4 Å². The molecule has 1 amide bonds. The molecule has 0 N–H and O–H groups in total. The predicted molar refractivity (Wildman–Crippen MR) is 174 cm³/mol. The van der Waals surface area contributed by atoms with Crippen LogP contribution in [0.2, 0.25) is 0 Å². The van der Waals surface area contributed by atoms with Gasteiger partial charge in [-0.3, -0.25) is 9.69 Å². The molecule has 0 aliphatic carbocycles. The minimum absolute atomic E-state index is 0.0585. The lowest BCUT2D eigenvalue weighted by molar-refractivity contribution is -0.131. The van der Waals surface area contributed by atoms with Crippen molar-refractivity contribution in [3.05, 3.63) is 65.6 Å². The summed E-state index contributed by atoms with van der Waals surface area (Å²) < 4.78 is 20.2. The number of aromatic nitrogens is 2. The van der Waals surface area contributed by atoms with Crippen molar-refractivity contribution in [1.29, 1.82) is 5.26 Å². The third-order valence-corrected chi connectivity index (χ3v) is 9.47. The zero-order valence-electron chi connectivity index (χ0n) is 26.7. The topological polar surface area (TPSA) is 88.8 Å². The fourth-order valence-corrected chi connectivity index (χ4v) is 7.11. The molecule has 2 saturated heterocycles. The highest BCUT2D eigenvalue weighted by atomic mass is 19.1. The van der Waals surface area contributed by atoms with E-state index in [1.807, 2.05) is 0 Å². The van der Waals surface area contributed by atoms with Gasteiger partial charge in [-0.1, -0.05) is 36.9 Å². The molecule has 2 atom stereocenters. The van der Waals surface area contributed by atoms with Crippen LogP contribution in [0.5, 0.6) is 6.01 Å². The predicted octanol–water partition coefficient (Wildman–Crippen LogP) is 5.17. The second kappa shape index (κ2) is 12.3. The molecule has 10 heteroatoms. The summed E-state index contributed by atoms with van der Waals surface area (Å²) in [5, 5.41) is 12.0. The first kappa shape index (κ1) is 30.8. The first-order valence-electron chi connectivity index (χ1n) is 15.8. The first-order chi connectivity index (χ1) is 21.5. The maximum atomic E-state index is 13.8. The van der Waals surface area contributed by atoms with Crippen LogP contribution in [-0.2, 0) is 17.8 Å². The second-order valence-corrected chi connectivity index (χ2v) is 13.4. The van der Waals surface area contributed by atoms with Crippen LogP contribution in [0.4, 0.5) is 15.9 Å². The third-order valence-electron chi connectivity index (χ3n) is 9.47. The number of halogens is 1. The maximum Gasteiger partial charge on any atom is 0.318 e. The third kappa shape index (κ3) is 6.06. The zero-order chi connectivity index (χ0) is 31.9. The number of carbonyl (C=O) groups excluding carboxylic acids is 1. The number of nitrogens with zero attached hydrogens (tertiary/aromatic N) is 7. The zero-order valence-corrected chi connectivity index (χ0v) is 26.7.